The van der Waals surface area contributed by atoms with Gasteiger partial charge in [-0.25, -0.2) is 0 Å². The smallest absolute Gasteiger partial charge is 0.227 e. The van der Waals surface area contributed by atoms with Gasteiger partial charge in [0, 0.05) is 24.2 Å². The van der Waals surface area contributed by atoms with E-state index in [4.69, 9.17) is 0 Å². The largest absolute Gasteiger partial charge is 0.313 e. The quantitative estimate of drug-likeness (QED) is 0.713. The molecule has 5 heteroatoms. The molecule has 1 unspecified atom stereocenters. The highest BCUT2D eigenvalue weighted by Crippen LogP contribution is 2.11. The molecular weight excluding hydrogens is 204 g/mol. The first-order chi connectivity index (χ1) is 7.78. The minimum atomic E-state index is 0.0357. The van der Waals surface area contributed by atoms with Gasteiger partial charge < -0.3 is 10.6 Å². The second-order valence-corrected chi connectivity index (χ2v) is 4.18. The van der Waals surface area contributed by atoms with E-state index < -0.39 is 0 Å². The lowest BCUT2D eigenvalue weighted by atomic mass is 10.1. The Morgan fingerprint density at radius 1 is 1.69 bits per heavy atom. The molecule has 3 N–H and O–H groups in total. The number of carbonyl (C=O) groups is 1. The Morgan fingerprint density at radius 2 is 2.56 bits per heavy atom. The monoisotopic (exact) mass is 222 g/mol. The summed E-state index contributed by atoms with van der Waals surface area (Å²) in [7, 11) is 0. The minimum Gasteiger partial charge on any atom is -0.313 e. The highest BCUT2D eigenvalue weighted by molar-refractivity contribution is 5.90. The molecule has 1 aromatic rings. The molecule has 88 valence electrons. The molecular formula is C11H18N4O. The number of hydrogen-bond acceptors (Lipinski definition) is 3. The van der Waals surface area contributed by atoms with Crippen molar-refractivity contribution in [1.29, 1.82) is 0 Å². The van der Waals surface area contributed by atoms with Crippen molar-refractivity contribution in [1.82, 2.24) is 15.5 Å². The summed E-state index contributed by atoms with van der Waals surface area (Å²) in [5.74, 6) is 0.661. The third-order valence-corrected chi connectivity index (χ3v) is 2.87. The molecule has 2 rings (SSSR count). The Bertz CT molecular complexity index is 355. The average Bonchev–Trinajstić information content (AvgIpc) is 2.89. The van der Waals surface area contributed by atoms with Gasteiger partial charge in [0.25, 0.3) is 0 Å². The van der Waals surface area contributed by atoms with Gasteiger partial charge >= 0.3 is 0 Å². The summed E-state index contributed by atoms with van der Waals surface area (Å²) in [6.45, 7) is 3.07. The first-order valence-corrected chi connectivity index (χ1v) is 5.85. The molecule has 0 spiro atoms. The van der Waals surface area contributed by atoms with Gasteiger partial charge in [0.2, 0.25) is 5.91 Å². The number of hydrogen-bond donors (Lipinski definition) is 3. The molecule has 16 heavy (non-hydrogen) atoms. The van der Waals surface area contributed by atoms with Gasteiger partial charge in [-0.2, -0.15) is 5.10 Å². The third kappa shape index (κ3) is 2.82. The molecule has 1 amide bonds. The molecule has 0 aromatic carbocycles. The van der Waals surface area contributed by atoms with E-state index in [2.05, 4.69) is 20.8 Å². The maximum atomic E-state index is 11.7. The highest BCUT2D eigenvalue weighted by atomic mass is 16.1. The minimum absolute atomic E-state index is 0.0357. The van der Waals surface area contributed by atoms with E-state index >= 15 is 0 Å². The van der Waals surface area contributed by atoms with Crippen LogP contribution in [0.15, 0.2) is 6.07 Å². The van der Waals surface area contributed by atoms with Crippen molar-refractivity contribution in [3.63, 3.8) is 0 Å². The number of H-pyrrole nitrogens is 1. The van der Waals surface area contributed by atoms with Crippen molar-refractivity contribution in [3.8, 4) is 0 Å². The van der Waals surface area contributed by atoms with Crippen LogP contribution in [0.3, 0.4) is 0 Å². The van der Waals surface area contributed by atoms with Crippen molar-refractivity contribution >= 4 is 11.7 Å². The van der Waals surface area contributed by atoms with Crippen LogP contribution in [0.25, 0.3) is 0 Å². The molecule has 1 aromatic heterocycles. The van der Waals surface area contributed by atoms with E-state index in [0.717, 1.165) is 25.1 Å². The number of amides is 1. The lowest BCUT2D eigenvalue weighted by molar-refractivity contribution is -0.116. The van der Waals surface area contributed by atoms with Gasteiger partial charge in [0.15, 0.2) is 5.82 Å². The molecule has 5 nitrogen and oxygen atoms in total. The predicted molar refractivity (Wildman–Crippen MR) is 62.2 cm³/mol. The van der Waals surface area contributed by atoms with Gasteiger partial charge in [0.1, 0.15) is 0 Å². The highest BCUT2D eigenvalue weighted by Gasteiger charge is 2.17. The van der Waals surface area contributed by atoms with Crippen LogP contribution in [0.2, 0.25) is 0 Å². The van der Waals surface area contributed by atoms with Gasteiger partial charge in [0.05, 0.1) is 0 Å². The topological polar surface area (TPSA) is 69.8 Å². The molecule has 0 bridgehead atoms. The lowest BCUT2D eigenvalue weighted by Crippen LogP contribution is -2.27. The molecule has 0 aliphatic carbocycles. The standard InChI is InChI=1S/C11H18N4O/c1-2-8-6-10(15-14-8)13-11(16)7-9-4-3-5-12-9/h6,9,12H,2-5,7H2,1H3,(H2,13,14,15,16). The zero-order chi connectivity index (χ0) is 11.4. The Labute approximate surface area is 95.0 Å². The fourth-order valence-electron chi connectivity index (χ4n) is 1.96. The molecule has 2 heterocycles. The zero-order valence-electron chi connectivity index (χ0n) is 9.55. The molecule has 1 fully saturated rings. The Hall–Kier alpha value is -1.36. The van der Waals surface area contributed by atoms with E-state index in [0.29, 0.717) is 18.3 Å². The fourth-order valence-corrected chi connectivity index (χ4v) is 1.96. The van der Waals surface area contributed by atoms with Crippen LogP contribution in [-0.2, 0) is 11.2 Å². The lowest BCUT2D eigenvalue weighted by Gasteiger charge is -2.08. The van der Waals surface area contributed by atoms with Crippen molar-refractivity contribution in [2.75, 3.05) is 11.9 Å². The molecule has 1 saturated heterocycles. The maximum Gasteiger partial charge on any atom is 0.227 e. The van der Waals surface area contributed by atoms with Crippen LogP contribution in [0.4, 0.5) is 5.82 Å². The van der Waals surface area contributed by atoms with Crippen LogP contribution in [-0.4, -0.2) is 28.7 Å². The summed E-state index contributed by atoms with van der Waals surface area (Å²) in [6.07, 6.45) is 3.69. The SMILES string of the molecule is CCc1cc(NC(=O)CC2CCCN2)n[nH]1. The van der Waals surface area contributed by atoms with Crippen molar-refractivity contribution < 1.29 is 4.79 Å². The van der Waals surface area contributed by atoms with Crippen molar-refractivity contribution in [3.05, 3.63) is 11.8 Å². The number of anilines is 1. The van der Waals surface area contributed by atoms with Gasteiger partial charge in [-0.05, 0) is 25.8 Å². The number of aryl methyl sites for hydroxylation is 1. The van der Waals surface area contributed by atoms with Crippen LogP contribution >= 0.6 is 0 Å². The molecule has 1 aliphatic heterocycles. The summed E-state index contributed by atoms with van der Waals surface area (Å²) in [5.41, 5.74) is 1.04. The van der Waals surface area contributed by atoms with E-state index in [1.54, 1.807) is 0 Å². The van der Waals surface area contributed by atoms with E-state index in [1.807, 2.05) is 13.0 Å². The number of aromatic nitrogens is 2. The molecule has 0 radical (unpaired) electrons. The first-order valence-electron chi connectivity index (χ1n) is 5.85. The van der Waals surface area contributed by atoms with Crippen molar-refractivity contribution in [2.45, 2.75) is 38.6 Å². The van der Waals surface area contributed by atoms with E-state index in [-0.39, 0.29) is 5.91 Å². The average molecular weight is 222 g/mol. The summed E-state index contributed by atoms with van der Waals surface area (Å²) in [4.78, 5) is 11.7. The number of rotatable bonds is 4. The maximum absolute atomic E-state index is 11.7. The predicted octanol–water partition coefficient (Wildman–Crippen LogP) is 1.05. The Morgan fingerprint density at radius 3 is 3.19 bits per heavy atom. The first kappa shape index (κ1) is 11.1. The number of nitrogens with zero attached hydrogens (tertiary/aromatic N) is 1. The van der Waals surface area contributed by atoms with Crippen LogP contribution in [0, 0.1) is 0 Å². The number of nitrogens with one attached hydrogen (secondary N) is 3. The summed E-state index contributed by atoms with van der Waals surface area (Å²) in [5, 5.41) is 13.0. The van der Waals surface area contributed by atoms with Gasteiger partial charge in [-0.1, -0.05) is 6.92 Å². The van der Waals surface area contributed by atoms with Crippen LogP contribution in [0.5, 0.6) is 0 Å². The Balaban J connectivity index is 1.81. The summed E-state index contributed by atoms with van der Waals surface area (Å²) >= 11 is 0. The molecule has 1 atom stereocenters. The second-order valence-electron chi connectivity index (χ2n) is 4.18. The number of carbonyl (C=O) groups excluding carboxylic acids is 1. The van der Waals surface area contributed by atoms with E-state index in [9.17, 15) is 4.79 Å². The molecule has 0 saturated carbocycles. The van der Waals surface area contributed by atoms with Crippen LogP contribution < -0.4 is 10.6 Å². The van der Waals surface area contributed by atoms with E-state index in [1.165, 1.54) is 6.42 Å². The Kier molecular flexibility index (Phi) is 3.56. The zero-order valence-corrected chi connectivity index (χ0v) is 9.55. The summed E-state index contributed by atoms with van der Waals surface area (Å²) < 4.78 is 0. The van der Waals surface area contributed by atoms with Gasteiger partial charge in [-0.15, -0.1) is 0 Å². The summed E-state index contributed by atoms with van der Waals surface area (Å²) in [6, 6.07) is 2.21. The number of aromatic amines is 1. The van der Waals surface area contributed by atoms with Gasteiger partial charge in [-0.3, -0.25) is 9.89 Å². The normalized spacial score (nSPS) is 19.9. The molecule has 1 aliphatic rings. The van der Waals surface area contributed by atoms with Crippen molar-refractivity contribution in [2.24, 2.45) is 0 Å². The second kappa shape index (κ2) is 5.12. The van der Waals surface area contributed by atoms with Crippen LogP contribution in [0.1, 0.15) is 31.9 Å². The third-order valence-electron chi connectivity index (χ3n) is 2.87. The fraction of sp³-hybridized carbons (Fsp3) is 0.636.